The molecule has 6 heteroatoms. The third-order valence-electron chi connectivity index (χ3n) is 2.80. The van der Waals surface area contributed by atoms with E-state index >= 15 is 0 Å². The van der Waals surface area contributed by atoms with E-state index in [0.717, 1.165) is 36.8 Å². The average molecular weight is 269 g/mol. The Labute approximate surface area is 109 Å². The average Bonchev–Trinajstić information content (AvgIpc) is 2.76. The van der Waals surface area contributed by atoms with Crippen molar-refractivity contribution in [1.29, 1.82) is 0 Å². The molecule has 3 rings (SSSR count). The maximum Gasteiger partial charge on any atom is 0.164 e. The minimum Gasteiger partial charge on any atom is -0.309 e. The third-order valence-corrected chi connectivity index (χ3v) is 3.54. The summed E-state index contributed by atoms with van der Waals surface area (Å²) >= 11 is 11.9. The highest BCUT2D eigenvalue weighted by atomic mass is 35.5. The summed E-state index contributed by atoms with van der Waals surface area (Å²) in [6, 6.07) is 5.51. The maximum atomic E-state index is 6.01. The number of aromatic nitrogens is 3. The minimum atomic E-state index is 0.537. The molecule has 0 fully saturated rings. The summed E-state index contributed by atoms with van der Waals surface area (Å²) in [5.74, 6) is 1.80. The summed E-state index contributed by atoms with van der Waals surface area (Å²) in [4.78, 5) is 0. The number of nitrogens with one attached hydrogen (secondary N) is 1. The zero-order chi connectivity index (χ0) is 11.8. The second kappa shape index (κ2) is 4.29. The first kappa shape index (κ1) is 11.0. The highest BCUT2D eigenvalue weighted by molar-refractivity contribution is 6.42. The van der Waals surface area contributed by atoms with E-state index in [0.29, 0.717) is 10.0 Å². The second-order valence-electron chi connectivity index (χ2n) is 3.90. The fourth-order valence-electron chi connectivity index (χ4n) is 1.94. The van der Waals surface area contributed by atoms with Gasteiger partial charge in [-0.3, -0.25) is 0 Å². The van der Waals surface area contributed by atoms with Crippen LogP contribution >= 0.6 is 23.2 Å². The Morgan fingerprint density at radius 3 is 2.88 bits per heavy atom. The Bertz CT molecular complexity index is 565. The van der Waals surface area contributed by atoms with Crippen molar-refractivity contribution in [3.05, 3.63) is 34.1 Å². The number of rotatable bonds is 1. The van der Waals surface area contributed by atoms with Gasteiger partial charge in [0.25, 0.3) is 0 Å². The van der Waals surface area contributed by atoms with Crippen LogP contribution in [-0.4, -0.2) is 21.3 Å². The van der Waals surface area contributed by atoms with Crippen molar-refractivity contribution in [2.45, 2.75) is 13.1 Å². The Morgan fingerprint density at radius 2 is 2.06 bits per heavy atom. The zero-order valence-electron chi connectivity index (χ0n) is 8.95. The van der Waals surface area contributed by atoms with Crippen LogP contribution in [0.3, 0.4) is 0 Å². The molecule has 1 aliphatic heterocycles. The molecule has 0 aliphatic carbocycles. The van der Waals surface area contributed by atoms with Gasteiger partial charge in [0, 0.05) is 18.7 Å². The van der Waals surface area contributed by atoms with Crippen molar-refractivity contribution < 1.29 is 0 Å². The Balaban J connectivity index is 2.09. The molecule has 88 valence electrons. The minimum absolute atomic E-state index is 0.537. The second-order valence-corrected chi connectivity index (χ2v) is 4.71. The first-order valence-electron chi connectivity index (χ1n) is 5.34. The number of nitrogens with zero attached hydrogens (tertiary/aromatic N) is 3. The lowest BCUT2D eigenvalue weighted by atomic mass is 10.2. The largest absolute Gasteiger partial charge is 0.309 e. The summed E-state index contributed by atoms with van der Waals surface area (Å²) in [6.45, 7) is 2.56. The summed E-state index contributed by atoms with van der Waals surface area (Å²) < 4.78 is 2.11. The SMILES string of the molecule is Clc1ccc(-c2nnc3n2CCNC3)cc1Cl. The predicted molar refractivity (Wildman–Crippen MR) is 67.2 cm³/mol. The molecule has 0 saturated heterocycles. The molecule has 0 saturated carbocycles. The molecule has 2 heterocycles. The molecule has 0 atom stereocenters. The molecule has 1 aliphatic rings. The van der Waals surface area contributed by atoms with E-state index in [4.69, 9.17) is 23.2 Å². The molecule has 2 aromatic rings. The normalized spacial score (nSPS) is 14.7. The summed E-state index contributed by atoms with van der Waals surface area (Å²) in [5, 5.41) is 12.7. The highest BCUT2D eigenvalue weighted by Gasteiger charge is 2.16. The number of halogens is 2. The molecule has 0 radical (unpaired) electrons. The van der Waals surface area contributed by atoms with Crippen molar-refractivity contribution in [2.24, 2.45) is 0 Å². The van der Waals surface area contributed by atoms with Crippen LogP contribution in [0.25, 0.3) is 11.4 Å². The standard InChI is InChI=1S/C11H10Cl2N4/c12-8-2-1-7(5-9(8)13)11-16-15-10-6-14-3-4-17(10)11/h1-2,5,14H,3-4,6H2. The lowest BCUT2D eigenvalue weighted by Gasteiger charge is -2.16. The van der Waals surface area contributed by atoms with Gasteiger partial charge in [-0.25, -0.2) is 0 Å². The molecule has 0 spiro atoms. The Morgan fingerprint density at radius 1 is 1.18 bits per heavy atom. The van der Waals surface area contributed by atoms with Gasteiger partial charge in [-0.2, -0.15) is 0 Å². The molecule has 1 aromatic heterocycles. The van der Waals surface area contributed by atoms with E-state index in [9.17, 15) is 0 Å². The molecule has 1 aromatic carbocycles. The smallest absolute Gasteiger partial charge is 0.164 e. The van der Waals surface area contributed by atoms with Crippen molar-refractivity contribution >= 4 is 23.2 Å². The van der Waals surface area contributed by atoms with Crippen LogP contribution < -0.4 is 5.32 Å². The molecular weight excluding hydrogens is 259 g/mol. The van der Waals surface area contributed by atoms with Crippen LogP contribution in [0.5, 0.6) is 0 Å². The van der Waals surface area contributed by atoms with Crippen LogP contribution in [0.1, 0.15) is 5.82 Å². The number of hydrogen-bond donors (Lipinski definition) is 1. The highest BCUT2D eigenvalue weighted by Crippen LogP contribution is 2.28. The van der Waals surface area contributed by atoms with Crippen molar-refractivity contribution in [3.63, 3.8) is 0 Å². The van der Waals surface area contributed by atoms with Gasteiger partial charge in [-0.15, -0.1) is 10.2 Å². The molecule has 1 N–H and O–H groups in total. The number of benzene rings is 1. The Kier molecular flexibility index (Phi) is 2.78. The molecule has 17 heavy (non-hydrogen) atoms. The van der Waals surface area contributed by atoms with Crippen LogP contribution in [-0.2, 0) is 13.1 Å². The van der Waals surface area contributed by atoms with Crippen LogP contribution in [0.2, 0.25) is 10.0 Å². The van der Waals surface area contributed by atoms with E-state index in [-0.39, 0.29) is 0 Å². The van der Waals surface area contributed by atoms with Gasteiger partial charge in [0.05, 0.1) is 16.6 Å². The van der Waals surface area contributed by atoms with Crippen molar-refractivity contribution in [1.82, 2.24) is 20.1 Å². The lowest BCUT2D eigenvalue weighted by molar-refractivity contribution is 0.508. The molecule has 0 amide bonds. The molecule has 0 unspecified atom stereocenters. The third kappa shape index (κ3) is 1.92. The van der Waals surface area contributed by atoms with Gasteiger partial charge in [-0.05, 0) is 18.2 Å². The van der Waals surface area contributed by atoms with E-state index in [2.05, 4.69) is 20.1 Å². The fraction of sp³-hybridized carbons (Fsp3) is 0.273. The summed E-state index contributed by atoms with van der Waals surface area (Å²) in [7, 11) is 0. The van der Waals surface area contributed by atoms with Crippen LogP contribution in [0.4, 0.5) is 0 Å². The van der Waals surface area contributed by atoms with E-state index in [1.807, 2.05) is 12.1 Å². The van der Waals surface area contributed by atoms with E-state index in [1.54, 1.807) is 6.07 Å². The van der Waals surface area contributed by atoms with Gasteiger partial charge in [0.1, 0.15) is 5.82 Å². The van der Waals surface area contributed by atoms with E-state index in [1.165, 1.54) is 0 Å². The quantitative estimate of drug-likeness (QED) is 0.864. The summed E-state index contributed by atoms with van der Waals surface area (Å²) in [5.41, 5.74) is 0.944. The lowest BCUT2D eigenvalue weighted by Crippen LogP contribution is -2.28. The van der Waals surface area contributed by atoms with Crippen LogP contribution in [0.15, 0.2) is 18.2 Å². The van der Waals surface area contributed by atoms with Gasteiger partial charge >= 0.3 is 0 Å². The molecule has 0 bridgehead atoms. The summed E-state index contributed by atoms with van der Waals surface area (Å²) in [6.07, 6.45) is 0. The van der Waals surface area contributed by atoms with Gasteiger partial charge in [0.15, 0.2) is 5.82 Å². The number of hydrogen-bond acceptors (Lipinski definition) is 3. The Hall–Kier alpha value is -1.10. The topological polar surface area (TPSA) is 42.7 Å². The van der Waals surface area contributed by atoms with Gasteiger partial charge < -0.3 is 9.88 Å². The first-order valence-corrected chi connectivity index (χ1v) is 6.09. The van der Waals surface area contributed by atoms with Gasteiger partial charge in [0.2, 0.25) is 0 Å². The number of fused-ring (bicyclic) bond motifs is 1. The van der Waals surface area contributed by atoms with Crippen molar-refractivity contribution in [3.8, 4) is 11.4 Å². The zero-order valence-corrected chi connectivity index (χ0v) is 10.5. The first-order chi connectivity index (χ1) is 8.25. The monoisotopic (exact) mass is 268 g/mol. The van der Waals surface area contributed by atoms with Crippen LogP contribution in [0, 0.1) is 0 Å². The van der Waals surface area contributed by atoms with Crippen molar-refractivity contribution in [2.75, 3.05) is 6.54 Å². The predicted octanol–water partition coefficient (Wildman–Crippen LogP) is 2.36. The fourth-order valence-corrected chi connectivity index (χ4v) is 2.24. The van der Waals surface area contributed by atoms with E-state index < -0.39 is 0 Å². The maximum absolute atomic E-state index is 6.01. The van der Waals surface area contributed by atoms with Gasteiger partial charge in [-0.1, -0.05) is 23.2 Å². The molecule has 4 nitrogen and oxygen atoms in total. The molecular formula is C11H10Cl2N4.